The smallest absolute Gasteiger partial charge is 0.243 e. The van der Waals surface area contributed by atoms with Crippen molar-refractivity contribution in [3.8, 4) is 0 Å². The minimum absolute atomic E-state index is 0.170. The Morgan fingerprint density at radius 1 is 1.40 bits per heavy atom. The molecular formula is C12H18ClFN2O3S. The van der Waals surface area contributed by atoms with Crippen molar-refractivity contribution in [2.45, 2.75) is 17.9 Å². The molecule has 0 spiro atoms. The molecule has 0 atom stereocenters. The fraction of sp³-hybridized carbons (Fsp3) is 0.500. The van der Waals surface area contributed by atoms with Gasteiger partial charge in [0.25, 0.3) is 0 Å². The first-order chi connectivity index (χ1) is 9.42. The highest BCUT2D eigenvalue weighted by molar-refractivity contribution is 7.89. The maximum absolute atomic E-state index is 14.2. The number of benzene rings is 1. The highest BCUT2D eigenvalue weighted by atomic mass is 35.5. The molecule has 1 rings (SSSR count). The van der Waals surface area contributed by atoms with E-state index >= 15 is 0 Å². The normalized spacial score (nSPS) is 11.8. The van der Waals surface area contributed by atoms with Crippen molar-refractivity contribution in [2.75, 3.05) is 27.3 Å². The summed E-state index contributed by atoms with van der Waals surface area (Å²) in [5, 5.41) is 2.94. The van der Waals surface area contributed by atoms with Gasteiger partial charge in [-0.05, 0) is 25.6 Å². The molecule has 0 fully saturated rings. The lowest BCUT2D eigenvalue weighted by Gasteiger charge is -2.11. The molecule has 1 aromatic rings. The van der Waals surface area contributed by atoms with Crippen LogP contribution in [-0.4, -0.2) is 35.7 Å². The third-order valence-corrected chi connectivity index (χ3v) is 4.23. The van der Waals surface area contributed by atoms with Gasteiger partial charge in [0.2, 0.25) is 10.0 Å². The minimum atomic E-state index is -3.93. The van der Waals surface area contributed by atoms with Crippen LogP contribution in [0.1, 0.15) is 12.0 Å². The molecule has 0 aromatic heterocycles. The summed E-state index contributed by atoms with van der Waals surface area (Å²) in [5.41, 5.74) is 0.206. The molecule has 5 nitrogen and oxygen atoms in total. The predicted octanol–water partition coefficient (Wildman–Crippen LogP) is 1.51. The van der Waals surface area contributed by atoms with E-state index in [2.05, 4.69) is 10.0 Å². The van der Waals surface area contributed by atoms with Crippen LogP contribution in [0.4, 0.5) is 4.39 Å². The van der Waals surface area contributed by atoms with E-state index in [1.165, 1.54) is 13.2 Å². The zero-order valence-electron chi connectivity index (χ0n) is 11.4. The second kappa shape index (κ2) is 7.90. The van der Waals surface area contributed by atoms with Crippen LogP contribution in [0.25, 0.3) is 0 Å². The van der Waals surface area contributed by atoms with E-state index in [1.807, 2.05) is 0 Å². The van der Waals surface area contributed by atoms with E-state index in [9.17, 15) is 12.8 Å². The molecule has 8 heteroatoms. The number of hydrogen-bond acceptors (Lipinski definition) is 4. The molecule has 0 bridgehead atoms. The van der Waals surface area contributed by atoms with Gasteiger partial charge >= 0.3 is 0 Å². The summed E-state index contributed by atoms with van der Waals surface area (Å²) >= 11 is 5.84. The number of nitrogens with one attached hydrogen (secondary N) is 2. The molecule has 0 aliphatic rings. The Balaban J connectivity index is 2.99. The van der Waals surface area contributed by atoms with Gasteiger partial charge in [0, 0.05) is 37.4 Å². The van der Waals surface area contributed by atoms with Crippen molar-refractivity contribution < 1.29 is 17.5 Å². The van der Waals surface area contributed by atoms with E-state index in [0.717, 1.165) is 6.07 Å². The van der Waals surface area contributed by atoms with Crippen LogP contribution in [0, 0.1) is 5.82 Å². The summed E-state index contributed by atoms with van der Waals surface area (Å²) in [5.74, 6) is -0.789. The minimum Gasteiger partial charge on any atom is -0.385 e. The molecule has 0 aliphatic carbocycles. The van der Waals surface area contributed by atoms with Crippen LogP contribution >= 0.6 is 11.6 Å². The van der Waals surface area contributed by atoms with E-state index < -0.39 is 20.7 Å². The molecule has 0 heterocycles. The van der Waals surface area contributed by atoms with Gasteiger partial charge < -0.3 is 10.1 Å². The topological polar surface area (TPSA) is 67.4 Å². The van der Waals surface area contributed by atoms with Crippen LogP contribution in [0.2, 0.25) is 5.02 Å². The molecule has 1 aromatic carbocycles. The van der Waals surface area contributed by atoms with Crippen molar-refractivity contribution >= 4 is 21.6 Å². The van der Waals surface area contributed by atoms with Gasteiger partial charge in [-0.2, -0.15) is 0 Å². The molecule has 0 saturated carbocycles. The summed E-state index contributed by atoms with van der Waals surface area (Å²) in [6.07, 6.45) is 0.501. The molecule has 0 saturated heterocycles. The zero-order valence-corrected chi connectivity index (χ0v) is 12.9. The zero-order chi connectivity index (χ0) is 15.2. The Morgan fingerprint density at radius 2 is 2.10 bits per heavy atom. The fourth-order valence-electron chi connectivity index (χ4n) is 1.63. The van der Waals surface area contributed by atoms with Crippen molar-refractivity contribution in [2.24, 2.45) is 0 Å². The molecular weight excluding hydrogens is 307 g/mol. The first-order valence-electron chi connectivity index (χ1n) is 6.03. The van der Waals surface area contributed by atoms with Crippen molar-refractivity contribution in [1.82, 2.24) is 10.0 Å². The first-order valence-corrected chi connectivity index (χ1v) is 7.89. The molecule has 0 aliphatic heterocycles. The Hall–Kier alpha value is -0.730. The summed E-state index contributed by atoms with van der Waals surface area (Å²) < 4.78 is 45.4. The molecule has 114 valence electrons. The Kier molecular flexibility index (Phi) is 6.84. The number of methoxy groups -OCH3 is 1. The monoisotopic (exact) mass is 324 g/mol. The fourth-order valence-corrected chi connectivity index (χ4v) is 3.16. The number of sulfonamides is 1. The average molecular weight is 325 g/mol. The summed E-state index contributed by atoms with van der Waals surface area (Å²) in [6.45, 7) is 0.785. The summed E-state index contributed by atoms with van der Waals surface area (Å²) in [4.78, 5) is -0.437. The van der Waals surface area contributed by atoms with E-state index in [4.69, 9.17) is 16.3 Å². The van der Waals surface area contributed by atoms with E-state index in [0.29, 0.717) is 13.0 Å². The van der Waals surface area contributed by atoms with Crippen LogP contribution in [0.3, 0.4) is 0 Å². The van der Waals surface area contributed by atoms with Gasteiger partial charge in [-0.25, -0.2) is 17.5 Å². The van der Waals surface area contributed by atoms with E-state index in [1.54, 1.807) is 7.05 Å². The second-order valence-electron chi connectivity index (χ2n) is 4.15. The molecule has 0 amide bonds. The number of ether oxygens (including phenoxy) is 1. The van der Waals surface area contributed by atoms with Crippen molar-refractivity contribution in [3.63, 3.8) is 0 Å². The van der Waals surface area contributed by atoms with Crippen LogP contribution in [0.5, 0.6) is 0 Å². The first kappa shape index (κ1) is 17.3. The number of rotatable bonds is 8. The third kappa shape index (κ3) is 4.68. The standard InChI is InChI=1S/C12H18ClFN2O3S/c1-15-8-9-6-10(13)7-11(12(9)14)20(17,18)16-4-3-5-19-2/h6-7,15-16H,3-5,8H2,1-2H3. The lowest BCUT2D eigenvalue weighted by molar-refractivity contribution is 0.196. The predicted molar refractivity (Wildman–Crippen MR) is 75.9 cm³/mol. The van der Waals surface area contributed by atoms with Gasteiger partial charge in [-0.15, -0.1) is 0 Å². The van der Waals surface area contributed by atoms with Gasteiger partial charge in [0.1, 0.15) is 10.7 Å². The van der Waals surface area contributed by atoms with E-state index in [-0.39, 0.29) is 23.7 Å². The molecule has 20 heavy (non-hydrogen) atoms. The number of halogens is 2. The second-order valence-corrected chi connectivity index (χ2v) is 6.32. The number of hydrogen-bond donors (Lipinski definition) is 2. The molecule has 2 N–H and O–H groups in total. The average Bonchev–Trinajstić information content (AvgIpc) is 2.39. The lowest BCUT2D eigenvalue weighted by Crippen LogP contribution is -2.27. The van der Waals surface area contributed by atoms with Crippen molar-refractivity contribution in [1.29, 1.82) is 0 Å². The quantitative estimate of drug-likeness (QED) is 0.711. The highest BCUT2D eigenvalue weighted by Crippen LogP contribution is 2.23. The SMILES string of the molecule is CNCc1cc(Cl)cc(S(=O)(=O)NCCCOC)c1F. The third-order valence-electron chi connectivity index (χ3n) is 2.55. The molecule has 0 unspecified atom stereocenters. The van der Waals surface area contributed by atoms with Crippen molar-refractivity contribution in [3.05, 3.63) is 28.5 Å². The van der Waals surface area contributed by atoms with Gasteiger partial charge in [-0.1, -0.05) is 11.6 Å². The Morgan fingerprint density at radius 3 is 2.70 bits per heavy atom. The maximum atomic E-state index is 14.2. The van der Waals surface area contributed by atoms with Crippen LogP contribution in [0.15, 0.2) is 17.0 Å². The Bertz CT molecular complexity index is 552. The van der Waals surface area contributed by atoms with Crippen LogP contribution in [-0.2, 0) is 21.3 Å². The molecule has 0 radical (unpaired) electrons. The van der Waals surface area contributed by atoms with Gasteiger partial charge in [0.15, 0.2) is 0 Å². The summed E-state index contributed by atoms with van der Waals surface area (Å²) in [7, 11) is -0.768. The Labute approximate surface area is 123 Å². The van der Waals surface area contributed by atoms with Gasteiger partial charge in [-0.3, -0.25) is 0 Å². The largest absolute Gasteiger partial charge is 0.385 e. The maximum Gasteiger partial charge on any atom is 0.243 e. The van der Waals surface area contributed by atoms with Crippen LogP contribution < -0.4 is 10.0 Å². The lowest BCUT2D eigenvalue weighted by atomic mass is 10.2. The summed E-state index contributed by atoms with van der Waals surface area (Å²) in [6, 6.07) is 2.51. The highest BCUT2D eigenvalue weighted by Gasteiger charge is 2.21. The van der Waals surface area contributed by atoms with Gasteiger partial charge in [0.05, 0.1) is 0 Å².